The first-order valence-corrected chi connectivity index (χ1v) is 7.13. The summed E-state index contributed by atoms with van der Waals surface area (Å²) in [7, 11) is -2.88. The van der Waals surface area contributed by atoms with Crippen LogP contribution in [0.1, 0.15) is 39.5 Å². The van der Waals surface area contributed by atoms with Crippen LogP contribution in [0.4, 0.5) is 0 Å². The molecular formula is C10H21NO2S. The summed E-state index contributed by atoms with van der Waals surface area (Å²) in [5.74, 6) is 0. The molecule has 2 atom stereocenters. The van der Waals surface area contributed by atoms with E-state index < -0.39 is 9.84 Å². The lowest BCUT2D eigenvalue weighted by molar-refractivity contribution is 0.552. The molecule has 1 rings (SSSR count). The highest BCUT2D eigenvalue weighted by molar-refractivity contribution is 7.92. The van der Waals surface area contributed by atoms with E-state index in [0.29, 0.717) is 0 Å². The van der Waals surface area contributed by atoms with Gasteiger partial charge in [0.1, 0.15) is 0 Å². The maximum absolute atomic E-state index is 12.0. The van der Waals surface area contributed by atoms with Gasteiger partial charge in [-0.05, 0) is 45.7 Å². The van der Waals surface area contributed by atoms with Crippen molar-refractivity contribution in [3.8, 4) is 0 Å². The summed E-state index contributed by atoms with van der Waals surface area (Å²) in [6, 6.07) is 0. The van der Waals surface area contributed by atoms with Gasteiger partial charge < -0.3 is 5.32 Å². The summed E-state index contributed by atoms with van der Waals surface area (Å²) in [4.78, 5) is 0. The van der Waals surface area contributed by atoms with Gasteiger partial charge >= 0.3 is 0 Å². The topological polar surface area (TPSA) is 46.2 Å². The van der Waals surface area contributed by atoms with Crippen LogP contribution in [-0.2, 0) is 9.84 Å². The van der Waals surface area contributed by atoms with E-state index in [0.717, 1.165) is 38.8 Å². The Kier molecular flexibility index (Phi) is 4.38. The summed E-state index contributed by atoms with van der Waals surface area (Å²) in [5.41, 5.74) is 0. The lowest BCUT2D eigenvalue weighted by Gasteiger charge is -2.19. The van der Waals surface area contributed by atoms with E-state index in [1.807, 2.05) is 13.8 Å². The molecule has 84 valence electrons. The van der Waals surface area contributed by atoms with Crippen LogP contribution in [0.2, 0.25) is 0 Å². The maximum atomic E-state index is 12.0. The van der Waals surface area contributed by atoms with Crippen molar-refractivity contribution in [3.05, 3.63) is 0 Å². The summed E-state index contributed by atoms with van der Waals surface area (Å²) in [6.07, 6.45) is 3.33. The van der Waals surface area contributed by atoms with Gasteiger partial charge in [0.15, 0.2) is 9.84 Å². The molecule has 0 radical (unpaired) electrons. The first kappa shape index (κ1) is 12.0. The quantitative estimate of drug-likeness (QED) is 0.779. The molecule has 1 fully saturated rings. The third-order valence-corrected chi connectivity index (χ3v) is 5.98. The van der Waals surface area contributed by atoms with Crippen molar-refractivity contribution < 1.29 is 8.42 Å². The highest BCUT2D eigenvalue weighted by atomic mass is 32.2. The molecule has 0 bridgehead atoms. The second-order valence-electron chi connectivity index (χ2n) is 4.11. The fourth-order valence-electron chi connectivity index (χ4n) is 1.88. The van der Waals surface area contributed by atoms with Crippen LogP contribution in [0.5, 0.6) is 0 Å². The molecule has 0 aromatic heterocycles. The Morgan fingerprint density at radius 2 is 2.07 bits per heavy atom. The molecule has 0 amide bonds. The van der Waals surface area contributed by atoms with Gasteiger partial charge in [0, 0.05) is 0 Å². The van der Waals surface area contributed by atoms with Gasteiger partial charge in [0.25, 0.3) is 0 Å². The van der Waals surface area contributed by atoms with Crippen molar-refractivity contribution in [3.63, 3.8) is 0 Å². The lowest BCUT2D eigenvalue weighted by atomic mass is 10.2. The fraction of sp³-hybridized carbons (Fsp3) is 1.00. The first-order chi connectivity index (χ1) is 6.59. The molecule has 1 N–H and O–H groups in total. The summed E-state index contributed by atoms with van der Waals surface area (Å²) < 4.78 is 24.1. The van der Waals surface area contributed by atoms with Gasteiger partial charge in [-0.25, -0.2) is 8.42 Å². The van der Waals surface area contributed by atoms with Gasteiger partial charge in [-0.1, -0.05) is 6.92 Å². The van der Waals surface area contributed by atoms with Crippen LogP contribution < -0.4 is 5.32 Å². The van der Waals surface area contributed by atoms with Gasteiger partial charge in [-0.2, -0.15) is 0 Å². The predicted octanol–water partition coefficient (Wildman–Crippen LogP) is 1.34. The minimum absolute atomic E-state index is 0.104. The van der Waals surface area contributed by atoms with Crippen molar-refractivity contribution in [2.45, 2.75) is 50.0 Å². The second-order valence-corrected chi connectivity index (χ2v) is 6.76. The molecule has 2 unspecified atom stereocenters. The van der Waals surface area contributed by atoms with Crippen molar-refractivity contribution in [1.82, 2.24) is 5.32 Å². The Morgan fingerprint density at radius 1 is 1.36 bits per heavy atom. The summed E-state index contributed by atoms with van der Waals surface area (Å²) >= 11 is 0. The zero-order chi connectivity index (χ0) is 10.6. The maximum Gasteiger partial charge on any atom is 0.155 e. The number of hydrogen-bond donors (Lipinski definition) is 1. The van der Waals surface area contributed by atoms with E-state index in [9.17, 15) is 8.42 Å². The SMILES string of the molecule is CCC(C)S(=O)(=O)C1CCCNCC1. The minimum Gasteiger partial charge on any atom is -0.317 e. The van der Waals surface area contributed by atoms with Crippen LogP contribution in [-0.4, -0.2) is 32.0 Å². The van der Waals surface area contributed by atoms with E-state index in [1.54, 1.807) is 0 Å². The molecule has 0 aromatic rings. The molecule has 1 aliphatic rings. The van der Waals surface area contributed by atoms with E-state index in [-0.39, 0.29) is 10.5 Å². The minimum atomic E-state index is -2.88. The van der Waals surface area contributed by atoms with E-state index >= 15 is 0 Å². The average Bonchev–Trinajstić information content (AvgIpc) is 2.44. The van der Waals surface area contributed by atoms with Crippen molar-refractivity contribution >= 4 is 9.84 Å². The molecule has 1 aliphatic heterocycles. The Labute approximate surface area is 87.2 Å². The molecule has 1 saturated heterocycles. The highest BCUT2D eigenvalue weighted by Gasteiger charge is 2.30. The van der Waals surface area contributed by atoms with Gasteiger partial charge in [0.2, 0.25) is 0 Å². The zero-order valence-electron chi connectivity index (χ0n) is 9.12. The normalized spacial score (nSPS) is 26.9. The van der Waals surface area contributed by atoms with Crippen LogP contribution in [0.25, 0.3) is 0 Å². The molecule has 4 heteroatoms. The smallest absolute Gasteiger partial charge is 0.155 e. The van der Waals surface area contributed by atoms with Crippen molar-refractivity contribution in [2.24, 2.45) is 0 Å². The van der Waals surface area contributed by atoms with Crippen LogP contribution in [0.15, 0.2) is 0 Å². The first-order valence-electron chi connectivity index (χ1n) is 5.52. The number of nitrogens with one attached hydrogen (secondary N) is 1. The van der Waals surface area contributed by atoms with Crippen molar-refractivity contribution in [2.75, 3.05) is 13.1 Å². The van der Waals surface area contributed by atoms with Gasteiger partial charge in [-0.15, -0.1) is 0 Å². The largest absolute Gasteiger partial charge is 0.317 e. The highest BCUT2D eigenvalue weighted by Crippen LogP contribution is 2.20. The molecule has 1 heterocycles. The van der Waals surface area contributed by atoms with Crippen molar-refractivity contribution in [1.29, 1.82) is 0 Å². The Balaban J connectivity index is 2.69. The number of hydrogen-bond acceptors (Lipinski definition) is 3. The molecule has 14 heavy (non-hydrogen) atoms. The fourth-order valence-corrected chi connectivity index (χ4v) is 3.94. The van der Waals surface area contributed by atoms with Gasteiger partial charge in [-0.3, -0.25) is 0 Å². The van der Waals surface area contributed by atoms with E-state index in [1.165, 1.54) is 0 Å². The Bertz CT molecular complexity index is 253. The molecule has 0 aliphatic carbocycles. The van der Waals surface area contributed by atoms with Crippen LogP contribution >= 0.6 is 0 Å². The molecule has 0 saturated carbocycles. The predicted molar refractivity (Wildman–Crippen MR) is 59.2 cm³/mol. The van der Waals surface area contributed by atoms with Crippen LogP contribution in [0.3, 0.4) is 0 Å². The lowest BCUT2D eigenvalue weighted by Crippen LogP contribution is -2.30. The van der Waals surface area contributed by atoms with E-state index in [2.05, 4.69) is 5.32 Å². The van der Waals surface area contributed by atoms with Gasteiger partial charge in [0.05, 0.1) is 10.5 Å². The van der Waals surface area contributed by atoms with Crippen LogP contribution in [0, 0.1) is 0 Å². The molecule has 0 aromatic carbocycles. The third kappa shape index (κ3) is 2.70. The average molecular weight is 219 g/mol. The number of rotatable bonds is 3. The standard InChI is InChI=1S/C10H21NO2S/c1-3-9(2)14(12,13)10-5-4-7-11-8-6-10/h9-11H,3-8H2,1-2H3. The van der Waals surface area contributed by atoms with E-state index in [4.69, 9.17) is 0 Å². The zero-order valence-corrected chi connectivity index (χ0v) is 9.94. The Morgan fingerprint density at radius 3 is 2.71 bits per heavy atom. The molecule has 3 nitrogen and oxygen atoms in total. The second kappa shape index (κ2) is 5.12. The monoisotopic (exact) mass is 219 g/mol. The Hall–Kier alpha value is -0.0900. The molecule has 0 spiro atoms. The summed E-state index contributed by atoms with van der Waals surface area (Å²) in [5, 5.41) is 2.96. The third-order valence-electron chi connectivity index (χ3n) is 3.12. The number of sulfone groups is 1. The molecular weight excluding hydrogens is 198 g/mol. The summed E-state index contributed by atoms with van der Waals surface area (Å²) in [6.45, 7) is 5.58.